The van der Waals surface area contributed by atoms with Crippen molar-refractivity contribution < 1.29 is 23.9 Å². The molecule has 2 aromatic rings. The molecule has 1 saturated heterocycles. The first-order valence-electron chi connectivity index (χ1n) is 12.7. The van der Waals surface area contributed by atoms with Crippen molar-refractivity contribution in [2.45, 2.75) is 52.5 Å². The average molecular weight is 491 g/mol. The van der Waals surface area contributed by atoms with Crippen molar-refractivity contribution in [1.29, 1.82) is 0 Å². The van der Waals surface area contributed by atoms with Gasteiger partial charge in [-0.05, 0) is 42.2 Å². The summed E-state index contributed by atoms with van der Waals surface area (Å²) in [6.07, 6.45) is 2.83. The van der Waals surface area contributed by atoms with Gasteiger partial charge >= 0.3 is 0 Å². The highest BCUT2D eigenvalue weighted by Gasteiger charge is 2.51. The molecule has 3 aliphatic rings. The predicted octanol–water partition coefficient (Wildman–Crippen LogP) is 4.71. The van der Waals surface area contributed by atoms with E-state index in [1.165, 1.54) is 0 Å². The lowest BCUT2D eigenvalue weighted by Crippen LogP contribution is -2.41. The van der Waals surface area contributed by atoms with Crippen LogP contribution in [-0.4, -0.2) is 48.3 Å². The number of rotatable bonds is 6. The number of nitrogens with one attached hydrogen (secondary N) is 1. The zero-order valence-corrected chi connectivity index (χ0v) is 21.2. The Hall–Kier alpha value is -3.35. The first-order valence-corrected chi connectivity index (χ1v) is 12.7. The molecule has 36 heavy (non-hydrogen) atoms. The van der Waals surface area contributed by atoms with E-state index < -0.39 is 11.8 Å². The van der Waals surface area contributed by atoms with Gasteiger partial charge < -0.3 is 19.7 Å². The summed E-state index contributed by atoms with van der Waals surface area (Å²) in [5.41, 5.74) is 1.16. The van der Waals surface area contributed by atoms with Crippen LogP contribution in [0.3, 0.4) is 0 Å². The third-order valence-electron chi connectivity index (χ3n) is 7.61. The van der Waals surface area contributed by atoms with Gasteiger partial charge in [-0.2, -0.15) is 0 Å². The van der Waals surface area contributed by atoms with E-state index in [1.54, 1.807) is 42.5 Å². The van der Waals surface area contributed by atoms with Crippen molar-refractivity contribution in [3.63, 3.8) is 0 Å². The molecule has 1 aliphatic carbocycles. The van der Waals surface area contributed by atoms with Gasteiger partial charge in [0.1, 0.15) is 19.1 Å². The average Bonchev–Trinajstić information content (AvgIpc) is 3.11. The number of hydrogen-bond donors (Lipinski definition) is 1. The molecule has 2 aromatic carbocycles. The molecule has 5 rings (SSSR count). The van der Waals surface area contributed by atoms with Crippen LogP contribution < -0.4 is 14.8 Å². The first-order chi connectivity index (χ1) is 17.1. The quantitative estimate of drug-likeness (QED) is 0.468. The highest BCUT2D eigenvalue weighted by atomic mass is 16.6. The molecule has 0 spiro atoms. The Bertz CT molecular complexity index is 1180. The Kier molecular flexibility index (Phi) is 6.27. The first kappa shape index (κ1) is 24.3. The second kappa shape index (κ2) is 9.26. The summed E-state index contributed by atoms with van der Waals surface area (Å²) in [6, 6.07) is 14.0. The minimum atomic E-state index is -1.13. The molecule has 0 aromatic heterocycles. The molecular formula is C29H34N2O5. The molecule has 1 saturated carbocycles. The van der Waals surface area contributed by atoms with Gasteiger partial charge in [0.15, 0.2) is 17.3 Å². The Labute approximate surface area is 212 Å². The molecular weight excluding hydrogens is 456 g/mol. The standard InChI is InChI=1S/C29H34N2O5/c1-28(2)15-21-16-29(3,17-28)18-31(21)25(32)14-22(26(33)19-7-5-4-6-8-19)27(34)30-20-9-10-23-24(13-20)36-12-11-35-23/h4-10,13,21-22H,11-12,14-18H2,1-3H3,(H,30,34). The van der Waals surface area contributed by atoms with E-state index in [4.69, 9.17) is 9.47 Å². The topological polar surface area (TPSA) is 84.9 Å². The van der Waals surface area contributed by atoms with Crippen molar-refractivity contribution in [1.82, 2.24) is 4.90 Å². The Morgan fingerprint density at radius 1 is 1.00 bits per heavy atom. The molecule has 0 radical (unpaired) electrons. The molecule has 2 fully saturated rings. The second-order valence-corrected chi connectivity index (χ2v) is 11.6. The fourth-order valence-corrected chi connectivity index (χ4v) is 6.50. The summed E-state index contributed by atoms with van der Waals surface area (Å²) in [5.74, 6) is -0.957. The highest BCUT2D eigenvalue weighted by Crippen LogP contribution is 2.52. The molecule has 7 nitrogen and oxygen atoms in total. The van der Waals surface area contributed by atoms with Crippen LogP contribution in [0, 0.1) is 16.7 Å². The van der Waals surface area contributed by atoms with Gasteiger partial charge in [0.2, 0.25) is 11.8 Å². The van der Waals surface area contributed by atoms with E-state index in [2.05, 4.69) is 26.1 Å². The lowest BCUT2D eigenvalue weighted by molar-refractivity contribution is -0.135. The van der Waals surface area contributed by atoms with Gasteiger partial charge in [0.25, 0.3) is 0 Å². The van der Waals surface area contributed by atoms with Crippen molar-refractivity contribution in [3.05, 3.63) is 54.1 Å². The van der Waals surface area contributed by atoms with Gasteiger partial charge in [0.05, 0.1) is 0 Å². The van der Waals surface area contributed by atoms with E-state index in [-0.39, 0.29) is 35.0 Å². The molecule has 3 unspecified atom stereocenters. The van der Waals surface area contributed by atoms with Crippen molar-refractivity contribution >= 4 is 23.3 Å². The van der Waals surface area contributed by atoms with Crippen LogP contribution in [-0.2, 0) is 9.59 Å². The van der Waals surface area contributed by atoms with Gasteiger partial charge in [-0.1, -0.05) is 51.1 Å². The lowest BCUT2D eigenvalue weighted by atomic mass is 9.65. The minimum absolute atomic E-state index is 0.0779. The maximum atomic E-state index is 13.6. The number of anilines is 1. The molecule has 7 heteroatoms. The zero-order chi connectivity index (χ0) is 25.5. The number of fused-ring (bicyclic) bond motifs is 3. The van der Waals surface area contributed by atoms with Crippen LogP contribution in [0.2, 0.25) is 0 Å². The molecule has 190 valence electrons. The smallest absolute Gasteiger partial charge is 0.235 e. The van der Waals surface area contributed by atoms with E-state index in [0.29, 0.717) is 42.5 Å². The summed E-state index contributed by atoms with van der Waals surface area (Å²) in [4.78, 5) is 42.5. The number of carbonyl (C=O) groups excluding carboxylic acids is 3. The van der Waals surface area contributed by atoms with E-state index >= 15 is 0 Å². The van der Waals surface area contributed by atoms with E-state index in [0.717, 1.165) is 19.3 Å². The molecule has 2 aliphatic heterocycles. The molecule has 2 bridgehead atoms. The fraction of sp³-hybridized carbons (Fsp3) is 0.483. The lowest BCUT2D eigenvalue weighted by Gasteiger charge is -2.39. The molecule has 3 atom stereocenters. The number of ketones is 1. The molecule has 1 N–H and O–H groups in total. The maximum Gasteiger partial charge on any atom is 0.235 e. The summed E-state index contributed by atoms with van der Waals surface area (Å²) < 4.78 is 11.2. The zero-order valence-electron chi connectivity index (χ0n) is 21.2. The van der Waals surface area contributed by atoms with Crippen LogP contribution in [0.4, 0.5) is 5.69 Å². The Morgan fingerprint density at radius 3 is 2.47 bits per heavy atom. The van der Waals surface area contributed by atoms with Crippen LogP contribution in [0.25, 0.3) is 0 Å². The summed E-state index contributed by atoms with van der Waals surface area (Å²) in [5, 5.41) is 2.84. The minimum Gasteiger partial charge on any atom is -0.486 e. The Morgan fingerprint density at radius 2 is 1.72 bits per heavy atom. The SMILES string of the molecule is CC1(C)CC2CC(C)(CN2C(=O)CC(C(=O)Nc2ccc3c(c2)OCCO3)C(=O)c2ccccc2)C1. The van der Waals surface area contributed by atoms with E-state index in [9.17, 15) is 14.4 Å². The third-order valence-corrected chi connectivity index (χ3v) is 7.61. The van der Waals surface area contributed by atoms with Crippen LogP contribution in [0.1, 0.15) is 56.8 Å². The van der Waals surface area contributed by atoms with Crippen molar-refractivity contribution in [2.24, 2.45) is 16.7 Å². The fourth-order valence-electron chi connectivity index (χ4n) is 6.50. The van der Waals surface area contributed by atoms with Gasteiger partial charge in [-0.3, -0.25) is 14.4 Å². The number of carbonyl (C=O) groups is 3. The number of ether oxygens (including phenoxy) is 2. The van der Waals surface area contributed by atoms with Crippen LogP contribution in [0.15, 0.2) is 48.5 Å². The van der Waals surface area contributed by atoms with Crippen molar-refractivity contribution in [2.75, 3.05) is 25.1 Å². The number of nitrogens with zero attached hydrogens (tertiary/aromatic N) is 1. The monoisotopic (exact) mass is 490 g/mol. The third kappa shape index (κ3) is 4.97. The largest absolute Gasteiger partial charge is 0.486 e. The number of hydrogen-bond acceptors (Lipinski definition) is 5. The maximum absolute atomic E-state index is 13.6. The summed E-state index contributed by atoms with van der Waals surface area (Å²) in [7, 11) is 0. The van der Waals surface area contributed by atoms with Gasteiger partial charge in [0, 0.05) is 36.3 Å². The summed E-state index contributed by atoms with van der Waals surface area (Å²) in [6.45, 7) is 8.34. The molecule has 2 heterocycles. The second-order valence-electron chi connectivity index (χ2n) is 11.6. The Balaban J connectivity index is 1.37. The number of Topliss-reactive ketones (excluding diaryl/α,β-unsaturated/α-hetero) is 1. The van der Waals surface area contributed by atoms with Crippen molar-refractivity contribution in [3.8, 4) is 11.5 Å². The normalized spacial score (nSPS) is 24.6. The number of likely N-dealkylation sites (tertiary alicyclic amines) is 1. The van der Waals surface area contributed by atoms with Crippen LogP contribution in [0.5, 0.6) is 11.5 Å². The molecule has 2 amide bonds. The van der Waals surface area contributed by atoms with Crippen LogP contribution >= 0.6 is 0 Å². The predicted molar refractivity (Wildman–Crippen MR) is 136 cm³/mol. The summed E-state index contributed by atoms with van der Waals surface area (Å²) >= 11 is 0. The van der Waals surface area contributed by atoms with Gasteiger partial charge in [-0.25, -0.2) is 0 Å². The number of amides is 2. The van der Waals surface area contributed by atoms with E-state index in [1.807, 2.05) is 11.0 Å². The highest BCUT2D eigenvalue weighted by molar-refractivity contribution is 6.15. The van der Waals surface area contributed by atoms with Gasteiger partial charge in [-0.15, -0.1) is 0 Å². The number of benzene rings is 2.